The van der Waals surface area contributed by atoms with E-state index in [0.29, 0.717) is 27.2 Å². The van der Waals surface area contributed by atoms with Crippen LogP contribution in [-0.4, -0.2) is 15.9 Å². The number of benzene rings is 1. The number of carbonyl (C=O) groups excluding carboxylic acids is 1. The largest absolute Gasteiger partial charge is 0.461 e. The first-order chi connectivity index (χ1) is 12.5. The number of furan rings is 1. The van der Waals surface area contributed by atoms with Crippen LogP contribution in [0.1, 0.15) is 20.9 Å². The third kappa shape index (κ3) is 2.98. The molecule has 0 aliphatic rings. The van der Waals surface area contributed by atoms with Gasteiger partial charge in [-0.1, -0.05) is 11.6 Å². The first kappa shape index (κ1) is 16.8. The normalized spacial score (nSPS) is 11.0. The van der Waals surface area contributed by atoms with E-state index in [1.165, 1.54) is 11.3 Å². The molecule has 4 rings (SSSR count). The zero-order valence-electron chi connectivity index (χ0n) is 14.0. The third-order valence-corrected chi connectivity index (χ3v) is 5.46. The Morgan fingerprint density at radius 2 is 1.92 bits per heavy atom. The second kappa shape index (κ2) is 6.55. The van der Waals surface area contributed by atoms with Crippen LogP contribution in [0.2, 0.25) is 5.02 Å². The first-order valence-corrected chi connectivity index (χ1v) is 9.11. The van der Waals surface area contributed by atoms with Gasteiger partial charge in [0.05, 0.1) is 16.8 Å². The fraction of sp³-hybridized carbons (Fsp3) is 0.105. The second-order valence-corrected chi connectivity index (χ2v) is 7.24. The van der Waals surface area contributed by atoms with Gasteiger partial charge in [0.1, 0.15) is 4.83 Å². The van der Waals surface area contributed by atoms with E-state index in [-0.39, 0.29) is 5.91 Å². The van der Waals surface area contributed by atoms with Crippen molar-refractivity contribution in [1.82, 2.24) is 9.97 Å². The van der Waals surface area contributed by atoms with Crippen molar-refractivity contribution in [3.05, 3.63) is 63.8 Å². The number of thiophene rings is 1. The molecule has 5 nitrogen and oxygen atoms in total. The van der Waals surface area contributed by atoms with Crippen LogP contribution in [0.15, 0.2) is 47.1 Å². The minimum atomic E-state index is -0.174. The van der Waals surface area contributed by atoms with Crippen molar-refractivity contribution in [3.8, 4) is 11.6 Å². The van der Waals surface area contributed by atoms with E-state index in [9.17, 15) is 4.79 Å². The molecule has 0 spiro atoms. The number of nitrogens with one attached hydrogen (secondary N) is 1. The molecule has 1 aromatic carbocycles. The maximum Gasteiger partial charge on any atom is 0.266 e. The Morgan fingerprint density at radius 3 is 2.62 bits per heavy atom. The Hall–Kier alpha value is -2.70. The Morgan fingerprint density at radius 1 is 1.15 bits per heavy atom. The molecule has 0 bridgehead atoms. The lowest BCUT2D eigenvalue weighted by Crippen LogP contribution is -2.11. The van der Waals surface area contributed by atoms with Crippen LogP contribution in [-0.2, 0) is 0 Å². The van der Waals surface area contributed by atoms with Gasteiger partial charge in [0.15, 0.2) is 11.6 Å². The number of hydrogen-bond donors (Lipinski definition) is 1. The van der Waals surface area contributed by atoms with Crippen LogP contribution in [0.5, 0.6) is 0 Å². The topological polar surface area (TPSA) is 68.0 Å². The molecule has 26 heavy (non-hydrogen) atoms. The number of hydrogen-bond acceptors (Lipinski definition) is 5. The minimum Gasteiger partial charge on any atom is -0.461 e. The molecule has 1 amide bonds. The molecule has 0 saturated heterocycles. The summed E-state index contributed by atoms with van der Waals surface area (Å²) in [6, 6.07) is 10.6. The summed E-state index contributed by atoms with van der Waals surface area (Å²) >= 11 is 7.23. The van der Waals surface area contributed by atoms with Gasteiger partial charge in [-0.3, -0.25) is 4.79 Å². The predicted molar refractivity (Wildman–Crippen MR) is 104 cm³/mol. The van der Waals surface area contributed by atoms with Crippen molar-refractivity contribution in [1.29, 1.82) is 0 Å². The predicted octanol–water partition coefficient (Wildman–Crippen LogP) is 5.47. The number of anilines is 1. The maximum absolute atomic E-state index is 12.7. The van der Waals surface area contributed by atoms with Gasteiger partial charge < -0.3 is 9.73 Å². The number of fused-ring (bicyclic) bond motifs is 1. The molecule has 0 aliphatic carbocycles. The summed E-state index contributed by atoms with van der Waals surface area (Å²) in [5.74, 6) is 0.950. The molecule has 3 aromatic heterocycles. The summed E-state index contributed by atoms with van der Waals surface area (Å²) in [6.45, 7) is 3.83. The van der Waals surface area contributed by atoms with Gasteiger partial charge in [-0.2, -0.15) is 0 Å². The molecule has 1 N–H and O–H groups in total. The van der Waals surface area contributed by atoms with E-state index >= 15 is 0 Å². The molecule has 0 unspecified atom stereocenters. The zero-order chi connectivity index (χ0) is 18.3. The number of rotatable bonds is 3. The average molecular weight is 384 g/mol. The SMILES string of the molecule is Cc1nc(-c2ccco2)nc2sc(C(=O)Nc3ccc(Cl)cc3)c(C)c12. The van der Waals surface area contributed by atoms with Crippen molar-refractivity contribution < 1.29 is 9.21 Å². The zero-order valence-corrected chi connectivity index (χ0v) is 15.6. The molecule has 3 heterocycles. The number of amides is 1. The number of carbonyl (C=O) groups is 1. The van der Waals surface area contributed by atoms with Gasteiger partial charge in [0.2, 0.25) is 0 Å². The summed E-state index contributed by atoms with van der Waals surface area (Å²) in [6.07, 6.45) is 1.59. The Labute approximate surface area is 158 Å². The van der Waals surface area contributed by atoms with Gasteiger partial charge in [-0.25, -0.2) is 9.97 Å². The van der Waals surface area contributed by atoms with Crippen molar-refractivity contribution in [2.24, 2.45) is 0 Å². The van der Waals surface area contributed by atoms with Crippen LogP contribution in [0.3, 0.4) is 0 Å². The van der Waals surface area contributed by atoms with Gasteiger partial charge in [0, 0.05) is 16.1 Å². The number of aromatic nitrogens is 2. The number of aryl methyl sites for hydroxylation is 2. The van der Waals surface area contributed by atoms with E-state index < -0.39 is 0 Å². The highest BCUT2D eigenvalue weighted by Crippen LogP contribution is 2.33. The molecule has 0 radical (unpaired) electrons. The first-order valence-electron chi connectivity index (χ1n) is 7.91. The molecule has 0 saturated carbocycles. The van der Waals surface area contributed by atoms with Gasteiger partial charge >= 0.3 is 0 Å². The van der Waals surface area contributed by atoms with Crippen molar-refractivity contribution >= 4 is 44.7 Å². The fourth-order valence-electron chi connectivity index (χ4n) is 2.79. The van der Waals surface area contributed by atoms with Crippen molar-refractivity contribution in [2.75, 3.05) is 5.32 Å². The Bertz CT molecular complexity index is 1100. The summed E-state index contributed by atoms with van der Waals surface area (Å²) in [5, 5.41) is 4.43. The van der Waals surface area contributed by atoms with Crippen LogP contribution in [0, 0.1) is 13.8 Å². The molecule has 0 fully saturated rings. The summed E-state index contributed by atoms with van der Waals surface area (Å²) in [5.41, 5.74) is 2.39. The highest BCUT2D eigenvalue weighted by atomic mass is 35.5. The molecular formula is C19H14ClN3O2S. The Balaban J connectivity index is 1.73. The van der Waals surface area contributed by atoms with Gasteiger partial charge in [0.25, 0.3) is 5.91 Å². The van der Waals surface area contributed by atoms with Crippen molar-refractivity contribution in [2.45, 2.75) is 13.8 Å². The van der Waals surface area contributed by atoms with Gasteiger partial charge in [-0.15, -0.1) is 11.3 Å². The molecular weight excluding hydrogens is 370 g/mol. The smallest absolute Gasteiger partial charge is 0.266 e. The highest BCUT2D eigenvalue weighted by Gasteiger charge is 2.20. The number of nitrogens with zero attached hydrogens (tertiary/aromatic N) is 2. The van der Waals surface area contributed by atoms with Crippen molar-refractivity contribution in [3.63, 3.8) is 0 Å². The van der Waals surface area contributed by atoms with Crippen LogP contribution in [0.25, 0.3) is 21.8 Å². The Kier molecular flexibility index (Phi) is 4.22. The lowest BCUT2D eigenvalue weighted by molar-refractivity contribution is 0.103. The van der Waals surface area contributed by atoms with E-state index in [0.717, 1.165) is 21.5 Å². The van der Waals surface area contributed by atoms with E-state index in [2.05, 4.69) is 15.3 Å². The van der Waals surface area contributed by atoms with E-state index in [4.69, 9.17) is 16.0 Å². The lowest BCUT2D eigenvalue weighted by Gasteiger charge is -2.04. The van der Waals surface area contributed by atoms with E-state index in [1.807, 2.05) is 19.9 Å². The summed E-state index contributed by atoms with van der Waals surface area (Å²) in [7, 11) is 0. The third-order valence-electron chi connectivity index (χ3n) is 4.02. The fourth-order valence-corrected chi connectivity index (χ4v) is 4.05. The van der Waals surface area contributed by atoms with Crippen LogP contribution < -0.4 is 5.32 Å². The molecule has 0 aliphatic heterocycles. The quantitative estimate of drug-likeness (QED) is 0.509. The van der Waals surface area contributed by atoms with Crippen LogP contribution in [0.4, 0.5) is 5.69 Å². The molecule has 130 valence electrons. The summed E-state index contributed by atoms with van der Waals surface area (Å²) < 4.78 is 5.39. The molecule has 0 atom stereocenters. The highest BCUT2D eigenvalue weighted by molar-refractivity contribution is 7.20. The summed E-state index contributed by atoms with van der Waals surface area (Å²) in [4.78, 5) is 23.2. The van der Waals surface area contributed by atoms with E-state index in [1.54, 1.807) is 36.6 Å². The average Bonchev–Trinajstić information content (AvgIpc) is 3.25. The minimum absolute atomic E-state index is 0.174. The second-order valence-electron chi connectivity index (χ2n) is 5.81. The van der Waals surface area contributed by atoms with Crippen LogP contribution >= 0.6 is 22.9 Å². The molecule has 4 aromatic rings. The molecule has 7 heteroatoms. The lowest BCUT2D eigenvalue weighted by atomic mass is 10.1. The monoisotopic (exact) mass is 383 g/mol. The maximum atomic E-state index is 12.7. The number of halogens is 1. The van der Waals surface area contributed by atoms with Gasteiger partial charge in [-0.05, 0) is 55.8 Å². The standard InChI is InChI=1S/C19H14ClN3O2S/c1-10-15-11(2)21-17(14-4-3-9-25-14)23-19(15)26-16(10)18(24)22-13-7-5-12(20)6-8-13/h3-9H,1-2H3,(H,22,24).